The van der Waals surface area contributed by atoms with E-state index in [0.29, 0.717) is 5.92 Å². The Morgan fingerprint density at radius 2 is 2.11 bits per heavy atom. The van der Waals surface area contributed by atoms with E-state index < -0.39 is 16.8 Å². The van der Waals surface area contributed by atoms with Crippen molar-refractivity contribution < 1.29 is 5.11 Å². The lowest BCUT2D eigenvalue weighted by atomic mass is 9.77. The van der Waals surface area contributed by atoms with Gasteiger partial charge in [0.15, 0.2) is 0 Å². The van der Waals surface area contributed by atoms with E-state index in [2.05, 4.69) is 27.4 Å². The molecule has 0 bridgehead atoms. The molecule has 0 aliphatic heterocycles. The largest absolute Gasteiger partial charge is 0.394 e. The molecular formula is C11H18N4O3. The second kappa shape index (κ2) is 4.93. The van der Waals surface area contributed by atoms with Crippen LogP contribution in [0.5, 0.6) is 0 Å². The van der Waals surface area contributed by atoms with Gasteiger partial charge in [-0.05, 0) is 31.6 Å². The molecule has 1 saturated carbocycles. The SMILES string of the molecule is CC1CCC(CO)(Nc2n[nH]c(=O)[nH]c2=O)CC1. The zero-order valence-corrected chi connectivity index (χ0v) is 10.3. The fourth-order valence-corrected chi connectivity index (χ4v) is 2.32. The third-order valence-corrected chi connectivity index (χ3v) is 3.63. The van der Waals surface area contributed by atoms with Crippen molar-refractivity contribution >= 4 is 5.82 Å². The van der Waals surface area contributed by atoms with Gasteiger partial charge in [0.25, 0.3) is 5.56 Å². The van der Waals surface area contributed by atoms with Gasteiger partial charge < -0.3 is 10.4 Å². The number of aliphatic hydroxyl groups excluding tert-OH is 1. The molecule has 100 valence electrons. The van der Waals surface area contributed by atoms with Crippen LogP contribution >= 0.6 is 0 Å². The van der Waals surface area contributed by atoms with Crippen LogP contribution in [0.15, 0.2) is 9.59 Å². The average Bonchev–Trinajstić information content (AvgIpc) is 2.36. The summed E-state index contributed by atoms with van der Waals surface area (Å²) in [6, 6.07) is 0. The molecule has 0 radical (unpaired) electrons. The second-order valence-corrected chi connectivity index (χ2v) is 5.10. The summed E-state index contributed by atoms with van der Waals surface area (Å²) in [5, 5.41) is 18.4. The van der Waals surface area contributed by atoms with Gasteiger partial charge in [-0.2, -0.15) is 0 Å². The van der Waals surface area contributed by atoms with Crippen LogP contribution in [0, 0.1) is 5.92 Å². The van der Waals surface area contributed by atoms with Crippen molar-refractivity contribution in [3.8, 4) is 0 Å². The molecule has 7 heteroatoms. The number of nitrogens with zero attached hydrogens (tertiary/aromatic N) is 1. The maximum atomic E-state index is 11.6. The van der Waals surface area contributed by atoms with Crippen molar-refractivity contribution in [3.63, 3.8) is 0 Å². The molecule has 4 N–H and O–H groups in total. The van der Waals surface area contributed by atoms with Gasteiger partial charge in [0, 0.05) is 0 Å². The quantitative estimate of drug-likeness (QED) is 0.597. The monoisotopic (exact) mass is 254 g/mol. The third kappa shape index (κ3) is 2.61. The zero-order chi connectivity index (χ0) is 13.2. The summed E-state index contributed by atoms with van der Waals surface area (Å²) in [4.78, 5) is 24.5. The van der Waals surface area contributed by atoms with Crippen molar-refractivity contribution in [2.45, 2.75) is 38.1 Å². The van der Waals surface area contributed by atoms with E-state index in [-0.39, 0.29) is 12.4 Å². The predicted octanol–water partition coefficient (Wildman–Crippen LogP) is -0.189. The summed E-state index contributed by atoms with van der Waals surface area (Å²) in [5.41, 5.74) is -1.71. The van der Waals surface area contributed by atoms with E-state index >= 15 is 0 Å². The fraction of sp³-hybridized carbons (Fsp3) is 0.727. The van der Waals surface area contributed by atoms with Crippen molar-refractivity contribution in [1.29, 1.82) is 0 Å². The molecule has 18 heavy (non-hydrogen) atoms. The van der Waals surface area contributed by atoms with E-state index in [1.165, 1.54) is 0 Å². The Balaban J connectivity index is 2.20. The van der Waals surface area contributed by atoms with E-state index in [9.17, 15) is 14.7 Å². The molecule has 0 spiro atoms. The van der Waals surface area contributed by atoms with E-state index in [1.807, 2.05) is 0 Å². The van der Waals surface area contributed by atoms with Crippen molar-refractivity contribution in [1.82, 2.24) is 15.2 Å². The number of aromatic amines is 2. The molecule has 0 atom stereocenters. The molecular weight excluding hydrogens is 236 g/mol. The summed E-state index contributed by atoms with van der Waals surface area (Å²) >= 11 is 0. The summed E-state index contributed by atoms with van der Waals surface area (Å²) in [7, 11) is 0. The topological polar surface area (TPSA) is 111 Å². The normalized spacial score (nSPS) is 28.0. The molecule has 0 unspecified atom stereocenters. The highest BCUT2D eigenvalue weighted by Crippen LogP contribution is 2.33. The van der Waals surface area contributed by atoms with Crippen molar-refractivity contribution in [2.24, 2.45) is 5.92 Å². The van der Waals surface area contributed by atoms with Crippen LogP contribution in [0.4, 0.5) is 5.82 Å². The molecule has 2 rings (SSSR count). The Labute approximate surface area is 104 Å². The Kier molecular flexibility index (Phi) is 3.51. The van der Waals surface area contributed by atoms with Crippen LogP contribution in [0.3, 0.4) is 0 Å². The summed E-state index contributed by atoms with van der Waals surface area (Å²) < 4.78 is 0. The molecule has 1 aliphatic carbocycles. The maximum Gasteiger partial charge on any atom is 0.342 e. The van der Waals surface area contributed by atoms with Crippen LogP contribution in [0.2, 0.25) is 0 Å². The number of anilines is 1. The van der Waals surface area contributed by atoms with Gasteiger partial charge in [-0.15, -0.1) is 5.10 Å². The summed E-state index contributed by atoms with van der Waals surface area (Å²) in [6.45, 7) is 2.12. The minimum Gasteiger partial charge on any atom is -0.394 e. The lowest BCUT2D eigenvalue weighted by molar-refractivity contribution is 0.155. The zero-order valence-electron chi connectivity index (χ0n) is 10.3. The minimum absolute atomic E-state index is 0.0539. The van der Waals surface area contributed by atoms with Crippen LogP contribution in [0.1, 0.15) is 32.6 Å². The number of hydrogen-bond acceptors (Lipinski definition) is 5. The average molecular weight is 254 g/mol. The first kappa shape index (κ1) is 12.8. The lowest BCUT2D eigenvalue weighted by Crippen LogP contribution is -2.47. The second-order valence-electron chi connectivity index (χ2n) is 5.10. The van der Waals surface area contributed by atoms with Crippen molar-refractivity contribution in [2.75, 3.05) is 11.9 Å². The molecule has 1 aliphatic rings. The summed E-state index contributed by atoms with van der Waals surface area (Å²) in [6.07, 6.45) is 3.56. The van der Waals surface area contributed by atoms with Crippen LogP contribution in [0.25, 0.3) is 0 Å². The van der Waals surface area contributed by atoms with Gasteiger partial charge in [0.05, 0.1) is 12.1 Å². The highest BCUT2D eigenvalue weighted by atomic mass is 16.3. The first-order chi connectivity index (χ1) is 8.54. The predicted molar refractivity (Wildman–Crippen MR) is 66.5 cm³/mol. The Morgan fingerprint density at radius 3 is 2.67 bits per heavy atom. The minimum atomic E-state index is -0.638. The summed E-state index contributed by atoms with van der Waals surface area (Å²) in [5.74, 6) is 0.687. The standard InChI is InChI=1S/C11H18N4O3/c1-7-2-4-11(6-16,5-3-7)13-8-9(17)12-10(18)15-14-8/h7,16H,2-6H2,1H3,(H,13,14)(H2,12,15,17,18). The van der Waals surface area contributed by atoms with Gasteiger partial charge in [-0.1, -0.05) is 6.92 Å². The Hall–Kier alpha value is -1.63. The molecule has 1 aromatic rings. The molecule has 0 aromatic carbocycles. The van der Waals surface area contributed by atoms with Gasteiger partial charge >= 0.3 is 5.69 Å². The van der Waals surface area contributed by atoms with Crippen LogP contribution < -0.4 is 16.6 Å². The third-order valence-electron chi connectivity index (χ3n) is 3.63. The number of rotatable bonds is 3. The van der Waals surface area contributed by atoms with Crippen LogP contribution in [-0.4, -0.2) is 32.4 Å². The number of aromatic nitrogens is 3. The van der Waals surface area contributed by atoms with Gasteiger partial charge in [0.2, 0.25) is 5.82 Å². The molecule has 7 nitrogen and oxygen atoms in total. The van der Waals surface area contributed by atoms with E-state index in [1.54, 1.807) is 0 Å². The first-order valence-corrected chi connectivity index (χ1v) is 6.13. The van der Waals surface area contributed by atoms with Gasteiger partial charge in [-0.3, -0.25) is 9.78 Å². The van der Waals surface area contributed by atoms with Gasteiger partial charge in [0.1, 0.15) is 0 Å². The van der Waals surface area contributed by atoms with Crippen LogP contribution in [-0.2, 0) is 0 Å². The Morgan fingerprint density at radius 1 is 1.44 bits per heavy atom. The molecule has 0 saturated heterocycles. The highest BCUT2D eigenvalue weighted by Gasteiger charge is 2.34. The number of H-pyrrole nitrogens is 2. The number of hydrogen-bond donors (Lipinski definition) is 4. The van der Waals surface area contributed by atoms with E-state index in [0.717, 1.165) is 25.7 Å². The molecule has 1 heterocycles. The molecule has 1 aromatic heterocycles. The smallest absolute Gasteiger partial charge is 0.342 e. The highest BCUT2D eigenvalue weighted by molar-refractivity contribution is 5.34. The van der Waals surface area contributed by atoms with Crippen molar-refractivity contribution in [3.05, 3.63) is 20.8 Å². The van der Waals surface area contributed by atoms with E-state index in [4.69, 9.17) is 0 Å². The first-order valence-electron chi connectivity index (χ1n) is 6.13. The van der Waals surface area contributed by atoms with Gasteiger partial charge in [-0.25, -0.2) is 9.89 Å². The maximum absolute atomic E-state index is 11.6. The molecule has 0 amide bonds. The number of nitrogens with one attached hydrogen (secondary N) is 3. The Bertz CT molecular complexity index is 514. The number of aliphatic hydroxyl groups is 1. The molecule has 1 fully saturated rings. The lowest BCUT2D eigenvalue weighted by Gasteiger charge is -2.38. The fourth-order valence-electron chi connectivity index (χ4n) is 2.32.